The first-order valence-electron chi connectivity index (χ1n) is 8.95. The first-order chi connectivity index (χ1) is 12.2. The van der Waals surface area contributed by atoms with Gasteiger partial charge >= 0.3 is 0 Å². The molecule has 1 unspecified atom stereocenters. The number of benzene rings is 1. The molecule has 2 aliphatic heterocycles. The van der Waals surface area contributed by atoms with Crippen LogP contribution in [-0.4, -0.2) is 36.3 Å². The quantitative estimate of drug-likeness (QED) is 0.922. The summed E-state index contributed by atoms with van der Waals surface area (Å²) in [6, 6.07) is 7.87. The molecule has 6 heteroatoms. The van der Waals surface area contributed by atoms with Crippen LogP contribution in [0.2, 0.25) is 0 Å². The number of ether oxygens (including phenoxy) is 2. The molecule has 4 rings (SSSR count). The number of hydrogen-bond acceptors (Lipinski definition) is 6. The highest BCUT2D eigenvalue weighted by Gasteiger charge is 2.19. The molecule has 25 heavy (non-hydrogen) atoms. The molecule has 2 aromatic rings. The van der Waals surface area contributed by atoms with Crippen LogP contribution < -0.4 is 19.7 Å². The molecule has 2 aliphatic rings. The van der Waals surface area contributed by atoms with Gasteiger partial charge in [0.2, 0.25) is 5.95 Å². The van der Waals surface area contributed by atoms with Gasteiger partial charge in [0.25, 0.3) is 0 Å². The maximum Gasteiger partial charge on any atom is 0.229 e. The highest BCUT2D eigenvalue weighted by atomic mass is 16.6. The first-order valence-corrected chi connectivity index (χ1v) is 8.95. The summed E-state index contributed by atoms with van der Waals surface area (Å²) in [6.07, 6.45) is 2.51. The Labute approximate surface area is 148 Å². The Balaban J connectivity index is 1.56. The summed E-state index contributed by atoms with van der Waals surface area (Å²) >= 11 is 0. The molecular weight excluding hydrogens is 316 g/mol. The fourth-order valence-corrected chi connectivity index (χ4v) is 3.42. The van der Waals surface area contributed by atoms with Crippen LogP contribution in [-0.2, 0) is 0 Å². The van der Waals surface area contributed by atoms with Crippen LogP contribution in [0.15, 0.2) is 24.3 Å². The predicted molar refractivity (Wildman–Crippen MR) is 98.1 cm³/mol. The topological polar surface area (TPSA) is 59.5 Å². The normalized spacial score (nSPS) is 19.6. The molecule has 6 nitrogen and oxygen atoms in total. The van der Waals surface area contributed by atoms with Crippen LogP contribution in [0.25, 0.3) is 0 Å². The van der Waals surface area contributed by atoms with Gasteiger partial charge in [-0.1, -0.05) is 6.92 Å². The van der Waals surface area contributed by atoms with E-state index >= 15 is 0 Å². The number of fused-ring (bicyclic) bond motifs is 1. The van der Waals surface area contributed by atoms with E-state index < -0.39 is 0 Å². The molecule has 3 heterocycles. The summed E-state index contributed by atoms with van der Waals surface area (Å²) in [5, 5.41) is 3.30. The van der Waals surface area contributed by atoms with Crippen molar-refractivity contribution in [1.29, 1.82) is 0 Å². The molecule has 1 atom stereocenters. The van der Waals surface area contributed by atoms with Crippen LogP contribution in [0.1, 0.15) is 25.5 Å². The minimum atomic E-state index is 0.578. The van der Waals surface area contributed by atoms with Gasteiger partial charge in [-0.25, -0.2) is 4.98 Å². The lowest BCUT2D eigenvalue weighted by Crippen LogP contribution is -2.35. The van der Waals surface area contributed by atoms with Crippen LogP contribution in [0.3, 0.4) is 0 Å². The first kappa shape index (κ1) is 16.0. The van der Waals surface area contributed by atoms with E-state index in [1.807, 2.05) is 25.1 Å². The molecule has 1 aromatic carbocycles. The molecule has 132 valence electrons. The summed E-state index contributed by atoms with van der Waals surface area (Å²) in [4.78, 5) is 11.6. The van der Waals surface area contributed by atoms with E-state index in [4.69, 9.17) is 14.5 Å². The Morgan fingerprint density at radius 3 is 2.80 bits per heavy atom. The van der Waals surface area contributed by atoms with Gasteiger partial charge in [0, 0.05) is 36.6 Å². The number of nitrogens with zero attached hydrogens (tertiary/aromatic N) is 3. The monoisotopic (exact) mass is 340 g/mol. The standard InChI is InChI=1S/C19H24N4O2/c1-13-4-3-7-23(12-13)18-10-14(2)20-19(22-18)21-15-5-6-16-17(11-15)25-9-8-24-16/h5-6,10-11,13H,3-4,7-9,12H2,1-2H3,(H,20,21,22). The third kappa shape index (κ3) is 3.62. The third-order valence-electron chi connectivity index (χ3n) is 4.62. The summed E-state index contributed by atoms with van der Waals surface area (Å²) in [5.41, 5.74) is 1.86. The van der Waals surface area contributed by atoms with Gasteiger partial charge < -0.3 is 19.7 Å². The molecule has 1 fully saturated rings. The van der Waals surface area contributed by atoms with E-state index in [1.165, 1.54) is 12.8 Å². The van der Waals surface area contributed by atoms with Gasteiger partial charge in [0.1, 0.15) is 19.0 Å². The second-order valence-corrected chi connectivity index (χ2v) is 6.87. The molecule has 0 aliphatic carbocycles. The minimum absolute atomic E-state index is 0.578. The van der Waals surface area contributed by atoms with Gasteiger partial charge in [-0.3, -0.25) is 0 Å². The van der Waals surface area contributed by atoms with Crippen molar-refractivity contribution in [2.45, 2.75) is 26.7 Å². The molecule has 0 bridgehead atoms. The van der Waals surface area contributed by atoms with Crippen molar-refractivity contribution in [1.82, 2.24) is 9.97 Å². The minimum Gasteiger partial charge on any atom is -0.486 e. The summed E-state index contributed by atoms with van der Waals surface area (Å²) in [7, 11) is 0. The zero-order chi connectivity index (χ0) is 17.2. The SMILES string of the molecule is Cc1cc(N2CCCC(C)C2)nc(Nc2ccc3c(c2)OCCO3)n1. The summed E-state index contributed by atoms with van der Waals surface area (Å²) in [5.74, 6) is 3.86. The second-order valence-electron chi connectivity index (χ2n) is 6.87. The fraction of sp³-hybridized carbons (Fsp3) is 0.474. The van der Waals surface area contributed by atoms with Crippen molar-refractivity contribution >= 4 is 17.5 Å². The predicted octanol–water partition coefficient (Wildman–Crippen LogP) is 3.54. The van der Waals surface area contributed by atoms with Crippen molar-refractivity contribution in [2.24, 2.45) is 5.92 Å². The Kier molecular flexibility index (Phi) is 4.34. The number of aryl methyl sites for hydroxylation is 1. The maximum absolute atomic E-state index is 5.64. The van der Waals surface area contributed by atoms with Crippen LogP contribution in [0.5, 0.6) is 11.5 Å². The average Bonchev–Trinajstić information content (AvgIpc) is 2.61. The van der Waals surface area contributed by atoms with E-state index in [0.717, 1.165) is 41.8 Å². The zero-order valence-electron chi connectivity index (χ0n) is 14.8. The van der Waals surface area contributed by atoms with Crippen LogP contribution in [0, 0.1) is 12.8 Å². The largest absolute Gasteiger partial charge is 0.486 e. The number of hydrogen-bond donors (Lipinski definition) is 1. The Morgan fingerprint density at radius 1 is 1.12 bits per heavy atom. The number of aromatic nitrogens is 2. The number of anilines is 3. The van der Waals surface area contributed by atoms with Crippen molar-refractivity contribution in [3.63, 3.8) is 0 Å². The number of rotatable bonds is 3. The van der Waals surface area contributed by atoms with E-state index in [1.54, 1.807) is 0 Å². The smallest absolute Gasteiger partial charge is 0.229 e. The van der Waals surface area contributed by atoms with E-state index in [2.05, 4.69) is 28.2 Å². The number of nitrogens with one attached hydrogen (secondary N) is 1. The molecule has 1 N–H and O–H groups in total. The van der Waals surface area contributed by atoms with Gasteiger partial charge in [0.05, 0.1) is 0 Å². The van der Waals surface area contributed by atoms with E-state index in [9.17, 15) is 0 Å². The lowest BCUT2D eigenvalue weighted by molar-refractivity contribution is 0.171. The molecule has 0 saturated carbocycles. The van der Waals surface area contributed by atoms with Crippen molar-refractivity contribution in [3.05, 3.63) is 30.0 Å². The third-order valence-corrected chi connectivity index (χ3v) is 4.62. The fourth-order valence-electron chi connectivity index (χ4n) is 3.42. The molecule has 0 radical (unpaired) electrons. The van der Waals surface area contributed by atoms with E-state index in [0.29, 0.717) is 25.1 Å². The van der Waals surface area contributed by atoms with Crippen molar-refractivity contribution < 1.29 is 9.47 Å². The molecule has 1 aromatic heterocycles. The molecule has 0 amide bonds. The Morgan fingerprint density at radius 2 is 1.96 bits per heavy atom. The zero-order valence-corrected chi connectivity index (χ0v) is 14.8. The lowest BCUT2D eigenvalue weighted by atomic mass is 10.0. The highest BCUT2D eigenvalue weighted by Crippen LogP contribution is 2.33. The molecule has 0 spiro atoms. The Bertz CT molecular complexity index is 765. The average molecular weight is 340 g/mol. The van der Waals surface area contributed by atoms with Gasteiger partial charge in [0.15, 0.2) is 11.5 Å². The van der Waals surface area contributed by atoms with Gasteiger partial charge in [-0.05, 0) is 37.8 Å². The van der Waals surface area contributed by atoms with E-state index in [-0.39, 0.29) is 0 Å². The van der Waals surface area contributed by atoms with Gasteiger partial charge in [-0.15, -0.1) is 0 Å². The van der Waals surface area contributed by atoms with Gasteiger partial charge in [-0.2, -0.15) is 4.98 Å². The number of piperidine rings is 1. The maximum atomic E-state index is 5.64. The summed E-state index contributed by atoms with van der Waals surface area (Å²) < 4.78 is 11.2. The Hall–Kier alpha value is -2.50. The van der Waals surface area contributed by atoms with Crippen molar-refractivity contribution in [2.75, 3.05) is 36.5 Å². The lowest BCUT2D eigenvalue weighted by Gasteiger charge is -2.32. The van der Waals surface area contributed by atoms with Crippen molar-refractivity contribution in [3.8, 4) is 11.5 Å². The van der Waals surface area contributed by atoms with Crippen LogP contribution >= 0.6 is 0 Å². The second kappa shape index (κ2) is 6.78. The summed E-state index contributed by atoms with van der Waals surface area (Å²) in [6.45, 7) is 7.60. The molecular formula is C19H24N4O2. The highest BCUT2D eigenvalue weighted by molar-refractivity contribution is 5.61. The van der Waals surface area contributed by atoms with Crippen LogP contribution in [0.4, 0.5) is 17.5 Å². The molecule has 1 saturated heterocycles.